The fourth-order valence-corrected chi connectivity index (χ4v) is 1.51. The zero-order valence-electron chi connectivity index (χ0n) is 12.0. The van der Waals surface area contributed by atoms with E-state index in [1.807, 2.05) is 24.3 Å². The summed E-state index contributed by atoms with van der Waals surface area (Å²) in [7, 11) is 0. The molecule has 1 aromatic rings. The SMILES string of the molecule is CC(C)COc1ccc(CCNC(=O)[C@H](C)N)cc1. The maximum Gasteiger partial charge on any atom is 0.236 e. The van der Waals surface area contributed by atoms with Crippen LogP contribution in [-0.4, -0.2) is 25.1 Å². The third-order valence-electron chi connectivity index (χ3n) is 2.63. The van der Waals surface area contributed by atoms with Crippen LogP contribution in [0.3, 0.4) is 0 Å². The van der Waals surface area contributed by atoms with Crippen molar-refractivity contribution in [2.24, 2.45) is 11.7 Å². The van der Waals surface area contributed by atoms with Crippen LogP contribution in [0.15, 0.2) is 24.3 Å². The number of carbonyl (C=O) groups excluding carboxylic acids is 1. The van der Waals surface area contributed by atoms with Gasteiger partial charge in [0.1, 0.15) is 5.75 Å². The molecule has 1 amide bonds. The molecule has 4 heteroatoms. The van der Waals surface area contributed by atoms with Gasteiger partial charge in [0.2, 0.25) is 5.91 Å². The number of ether oxygens (including phenoxy) is 1. The van der Waals surface area contributed by atoms with E-state index in [4.69, 9.17) is 10.5 Å². The van der Waals surface area contributed by atoms with E-state index >= 15 is 0 Å². The normalized spacial score (nSPS) is 12.3. The molecule has 1 rings (SSSR count). The van der Waals surface area contributed by atoms with E-state index in [0.29, 0.717) is 12.5 Å². The van der Waals surface area contributed by atoms with Crippen molar-refractivity contribution in [2.45, 2.75) is 33.2 Å². The van der Waals surface area contributed by atoms with Crippen molar-refractivity contribution in [1.29, 1.82) is 0 Å². The van der Waals surface area contributed by atoms with Gasteiger partial charge in [-0.3, -0.25) is 4.79 Å². The summed E-state index contributed by atoms with van der Waals surface area (Å²) in [5, 5.41) is 2.79. The van der Waals surface area contributed by atoms with Crippen molar-refractivity contribution in [1.82, 2.24) is 5.32 Å². The van der Waals surface area contributed by atoms with Crippen LogP contribution in [0.5, 0.6) is 5.75 Å². The average Bonchev–Trinajstić information content (AvgIpc) is 2.37. The third-order valence-corrected chi connectivity index (χ3v) is 2.63. The second-order valence-corrected chi connectivity index (χ2v) is 5.18. The molecule has 0 radical (unpaired) electrons. The molecule has 0 unspecified atom stereocenters. The van der Waals surface area contributed by atoms with Gasteiger partial charge in [-0.25, -0.2) is 0 Å². The molecule has 0 bridgehead atoms. The number of benzene rings is 1. The molecule has 0 aliphatic rings. The molecule has 19 heavy (non-hydrogen) atoms. The van der Waals surface area contributed by atoms with E-state index in [0.717, 1.165) is 18.8 Å². The highest BCUT2D eigenvalue weighted by Crippen LogP contribution is 2.13. The minimum atomic E-state index is -0.452. The predicted molar refractivity (Wildman–Crippen MR) is 77.1 cm³/mol. The summed E-state index contributed by atoms with van der Waals surface area (Å²) < 4.78 is 5.61. The zero-order valence-corrected chi connectivity index (χ0v) is 12.0. The lowest BCUT2D eigenvalue weighted by Crippen LogP contribution is -2.39. The predicted octanol–water partition coefficient (Wildman–Crippen LogP) is 1.73. The lowest BCUT2D eigenvalue weighted by atomic mass is 10.1. The van der Waals surface area contributed by atoms with E-state index in [9.17, 15) is 4.79 Å². The molecule has 0 aromatic heterocycles. The number of hydrogen-bond acceptors (Lipinski definition) is 3. The van der Waals surface area contributed by atoms with Crippen molar-refractivity contribution in [3.8, 4) is 5.75 Å². The van der Waals surface area contributed by atoms with Crippen LogP contribution in [0.25, 0.3) is 0 Å². The fraction of sp³-hybridized carbons (Fsp3) is 0.533. The van der Waals surface area contributed by atoms with E-state index in [2.05, 4.69) is 19.2 Å². The molecule has 0 heterocycles. The van der Waals surface area contributed by atoms with Gasteiger partial charge < -0.3 is 15.8 Å². The van der Waals surface area contributed by atoms with Gasteiger partial charge in [-0.05, 0) is 37.0 Å². The summed E-state index contributed by atoms with van der Waals surface area (Å²) in [5.74, 6) is 1.29. The Morgan fingerprint density at radius 1 is 1.26 bits per heavy atom. The molecular formula is C15H24N2O2. The van der Waals surface area contributed by atoms with Crippen molar-refractivity contribution >= 4 is 5.91 Å². The molecule has 106 valence electrons. The molecule has 3 N–H and O–H groups in total. The summed E-state index contributed by atoms with van der Waals surface area (Å²) in [6.45, 7) is 7.25. The van der Waals surface area contributed by atoms with Gasteiger partial charge in [-0.2, -0.15) is 0 Å². The Kier molecular flexibility index (Phi) is 6.36. The Morgan fingerprint density at radius 2 is 1.89 bits per heavy atom. The van der Waals surface area contributed by atoms with Crippen LogP contribution in [0.4, 0.5) is 0 Å². The quantitative estimate of drug-likeness (QED) is 0.788. The van der Waals surface area contributed by atoms with Crippen molar-refractivity contribution in [2.75, 3.05) is 13.2 Å². The van der Waals surface area contributed by atoms with Crippen LogP contribution in [0, 0.1) is 5.92 Å². The number of amides is 1. The topological polar surface area (TPSA) is 64.3 Å². The molecule has 1 aromatic carbocycles. The molecule has 1 atom stereocenters. The Labute approximate surface area is 115 Å². The first-order chi connectivity index (χ1) is 8.99. The van der Waals surface area contributed by atoms with Crippen molar-refractivity contribution in [3.63, 3.8) is 0 Å². The zero-order chi connectivity index (χ0) is 14.3. The average molecular weight is 264 g/mol. The minimum absolute atomic E-state index is 0.114. The van der Waals surface area contributed by atoms with Crippen LogP contribution >= 0.6 is 0 Å². The van der Waals surface area contributed by atoms with Crippen LogP contribution < -0.4 is 15.8 Å². The molecular weight excluding hydrogens is 240 g/mol. The first-order valence-electron chi connectivity index (χ1n) is 6.74. The van der Waals surface area contributed by atoms with Crippen molar-refractivity contribution in [3.05, 3.63) is 29.8 Å². The van der Waals surface area contributed by atoms with E-state index in [-0.39, 0.29) is 5.91 Å². The highest BCUT2D eigenvalue weighted by molar-refractivity contribution is 5.80. The first-order valence-corrected chi connectivity index (χ1v) is 6.74. The van der Waals surface area contributed by atoms with Crippen LogP contribution in [0.1, 0.15) is 26.3 Å². The van der Waals surface area contributed by atoms with Crippen molar-refractivity contribution < 1.29 is 9.53 Å². The summed E-state index contributed by atoms with van der Waals surface area (Å²) in [4.78, 5) is 11.3. The van der Waals surface area contributed by atoms with Gasteiger partial charge in [0.25, 0.3) is 0 Å². The van der Waals surface area contributed by atoms with Gasteiger partial charge in [-0.15, -0.1) is 0 Å². The largest absolute Gasteiger partial charge is 0.493 e. The van der Waals surface area contributed by atoms with E-state index in [1.54, 1.807) is 6.92 Å². The van der Waals surface area contributed by atoms with Gasteiger partial charge in [0, 0.05) is 6.54 Å². The maximum absolute atomic E-state index is 11.3. The van der Waals surface area contributed by atoms with Crippen LogP contribution in [0.2, 0.25) is 0 Å². The number of carbonyl (C=O) groups is 1. The molecule has 0 aliphatic carbocycles. The molecule has 0 fully saturated rings. The highest BCUT2D eigenvalue weighted by atomic mass is 16.5. The Morgan fingerprint density at radius 3 is 2.42 bits per heavy atom. The number of nitrogens with two attached hydrogens (primary N) is 1. The minimum Gasteiger partial charge on any atom is -0.493 e. The second-order valence-electron chi connectivity index (χ2n) is 5.18. The monoisotopic (exact) mass is 264 g/mol. The highest BCUT2D eigenvalue weighted by Gasteiger charge is 2.05. The van der Waals surface area contributed by atoms with Gasteiger partial charge in [0.05, 0.1) is 12.6 Å². The smallest absolute Gasteiger partial charge is 0.236 e. The molecule has 0 saturated carbocycles. The third kappa shape index (κ3) is 6.25. The molecule has 0 spiro atoms. The number of hydrogen-bond donors (Lipinski definition) is 2. The Bertz CT molecular complexity index is 386. The van der Waals surface area contributed by atoms with Gasteiger partial charge >= 0.3 is 0 Å². The van der Waals surface area contributed by atoms with Gasteiger partial charge in [-0.1, -0.05) is 26.0 Å². The number of rotatable bonds is 7. The molecule has 4 nitrogen and oxygen atoms in total. The van der Waals surface area contributed by atoms with Gasteiger partial charge in [0.15, 0.2) is 0 Å². The summed E-state index contributed by atoms with van der Waals surface area (Å²) in [6.07, 6.45) is 0.795. The summed E-state index contributed by atoms with van der Waals surface area (Å²) in [5.41, 5.74) is 6.63. The van der Waals surface area contributed by atoms with E-state index < -0.39 is 6.04 Å². The summed E-state index contributed by atoms with van der Waals surface area (Å²) in [6, 6.07) is 7.52. The van der Waals surface area contributed by atoms with E-state index in [1.165, 1.54) is 5.56 Å². The fourth-order valence-electron chi connectivity index (χ4n) is 1.51. The molecule has 0 saturated heterocycles. The summed E-state index contributed by atoms with van der Waals surface area (Å²) >= 11 is 0. The Balaban J connectivity index is 2.34. The number of nitrogens with one attached hydrogen (secondary N) is 1. The second kappa shape index (κ2) is 7.79. The lowest BCUT2D eigenvalue weighted by molar-refractivity contribution is -0.121. The first kappa shape index (κ1) is 15.5. The molecule has 0 aliphatic heterocycles. The maximum atomic E-state index is 11.3. The lowest BCUT2D eigenvalue weighted by Gasteiger charge is -2.10. The standard InChI is InChI=1S/C15H24N2O2/c1-11(2)10-19-14-6-4-13(5-7-14)8-9-17-15(18)12(3)16/h4-7,11-12H,8-10,16H2,1-3H3,(H,17,18)/t12-/m0/s1. The Hall–Kier alpha value is -1.55. The van der Waals surface area contributed by atoms with Crippen LogP contribution in [-0.2, 0) is 11.2 Å².